The maximum absolute atomic E-state index is 12.5. The van der Waals surface area contributed by atoms with Gasteiger partial charge in [0.25, 0.3) is 0 Å². The summed E-state index contributed by atoms with van der Waals surface area (Å²) < 4.78 is 27.7. The Morgan fingerprint density at radius 1 is 1.24 bits per heavy atom. The van der Waals surface area contributed by atoms with Gasteiger partial charge in [-0.1, -0.05) is 12.5 Å². The van der Waals surface area contributed by atoms with E-state index < -0.39 is 10.0 Å². The van der Waals surface area contributed by atoms with E-state index in [1.165, 1.54) is 31.2 Å². The highest BCUT2D eigenvalue weighted by Crippen LogP contribution is 2.48. The van der Waals surface area contributed by atoms with Crippen LogP contribution < -0.4 is 10.0 Å². The molecule has 5 heteroatoms. The Kier molecular flexibility index (Phi) is 3.23. The molecule has 21 heavy (non-hydrogen) atoms. The Balaban J connectivity index is 1.46. The Bertz CT molecular complexity index is 656. The van der Waals surface area contributed by atoms with Gasteiger partial charge in [-0.05, 0) is 61.1 Å². The molecule has 2 fully saturated rings. The van der Waals surface area contributed by atoms with Crippen molar-refractivity contribution in [3.63, 3.8) is 0 Å². The van der Waals surface area contributed by atoms with Gasteiger partial charge in [-0.3, -0.25) is 0 Å². The average Bonchev–Trinajstić information content (AvgIpc) is 3.19. The summed E-state index contributed by atoms with van der Waals surface area (Å²) in [5, 5.41) is 3.24. The lowest BCUT2D eigenvalue weighted by atomic mass is 9.89. The van der Waals surface area contributed by atoms with Gasteiger partial charge in [0.1, 0.15) is 0 Å². The standard InChI is InChI=1S/C16H22N2O2S/c19-21(20,15-4-3-12-5-6-17-16(12)9-15)18-10-14-8-11-1-2-13(14)7-11/h3-4,9,11,13-14,17-18H,1-2,5-8,10H2. The number of sulfonamides is 1. The summed E-state index contributed by atoms with van der Waals surface area (Å²) in [5.74, 6) is 2.15. The second-order valence-electron chi connectivity index (χ2n) is 6.78. The molecule has 4 nitrogen and oxygen atoms in total. The number of hydrogen-bond donors (Lipinski definition) is 2. The number of nitrogens with one attached hydrogen (secondary N) is 2. The van der Waals surface area contributed by atoms with E-state index in [0.717, 1.165) is 30.5 Å². The minimum Gasteiger partial charge on any atom is -0.384 e. The monoisotopic (exact) mass is 306 g/mol. The quantitative estimate of drug-likeness (QED) is 0.898. The molecule has 1 aromatic carbocycles. The molecule has 0 aromatic heterocycles. The van der Waals surface area contributed by atoms with Gasteiger partial charge >= 0.3 is 0 Å². The predicted molar refractivity (Wildman–Crippen MR) is 82.8 cm³/mol. The molecule has 1 heterocycles. The van der Waals surface area contributed by atoms with Crippen LogP contribution in [0.5, 0.6) is 0 Å². The lowest BCUT2D eigenvalue weighted by Crippen LogP contribution is -2.31. The van der Waals surface area contributed by atoms with Crippen molar-refractivity contribution in [2.24, 2.45) is 17.8 Å². The molecule has 2 N–H and O–H groups in total. The van der Waals surface area contributed by atoms with Crippen LogP contribution in [0.3, 0.4) is 0 Å². The molecule has 2 bridgehead atoms. The first-order valence-corrected chi connectivity index (χ1v) is 9.46. The number of benzene rings is 1. The fourth-order valence-electron chi connectivity index (χ4n) is 4.36. The van der Waals surface area contributed by atoms with Crippen molar-refractivity contribution in [3.05, 3.63) is 23.8 Å². The Labute approximate surface area is 126 Å². The molecule has 1 aliphatic heterocycles. The zero-order valence-electron chi connectivity index (χ0n) is 12.1. The third-order valence-electron chi connectivity index (χ3n) is 5.52. The minimum atomic E-state index is -3.38. The first kappa shape index (κ1) is 13.6. The van der Waals surface area contributed by atoms with Crippen LogP contribution in [0.4, 0.5) is 5.69 Å². The van der Waals surface area contributed by atoms with E-state index in [2.05, 4.69) is 10.0 Å². The topological polar surface area (TPSA) is 58.2 Å². The highest BCUT2D eigenvalue weighted by molar-refractivity contribution is 7.89. The summed E-state index contributed by atoms with van der Waals surface area (Å²) in [7, 11) is -3.38. The maximum Gasteiger partial charge on any atom is 0.240 e. The normalized spacial score (nSPS) is 30.4. The molecule has 3 atom stereocenters. The van der Waals surface area contributed by atoms with Crippen LogP contribution in [0.1, 0.15) is 31.2 Å². The third-order valence-corrected chi connectivity index (χ3v) is 6.94. The smallest absolute Gasteiger partial charge is 0.240 e. The number of anilines is 1. The van der Waals surface area contributed by atoms with Crippen LogP contribution in [0.2, 0.25) is 0 Å². The van der Waals surface area contributed by atoms with Gasteiger partial charge in [-0.25, -0.2) is 13.1 Å². The van der Waals surface area contributed by atoms with Crippen molar-refractivity contribution in [1.82, 2.24) is 4.72 Å². The molecule has 114 valence electrons. The molecular weight excluding hydrogens is 284 g/mol. The number of rotatable bonds is 4. The Hall–Kier alpha value is -1.07. The molecule has 3 aliphatic rings. The van der Waals surface area contributed by atoms with Gasteiger partial charge in [-0.15, -0.1) is 0 Å². The van der Waals surface area contributed by atoms with E-state index in [9.17, 15) is 8.42 Å². The molecule has 0 amide bonds. The van der Waals surface area contributed by atoms with Gasteiger partial charge < -0.3 is 5.32 Å². The second kappa shape index (κ2) is 4.99. The predicted octanol–water partition coefficient (Wildman–Crippen LogP) is 2.37. The first-order chi connectivity index (χ1) is 10.1. The van der Waals surface area contributed by atoms with Crippen LogP contribution in [-0.2, 0) is 16.4 Å². The lowest BCUT2D eigenvalue weighted by molar-refractivity contribution is 0.333. The van der Waals surface area contributed by atoms with Gasteiger partial charge in [0.15, 0.2) is 0 Å². The largest absolute Gasteiger partial charge is 0.384 e. The molecule has 0 spiro atoms. The molecule has 0 radical (unpaired) electrons. The van der Waals surface area contributed by atoms with Crippen LogP contribution in [0, 0.1) is 17.8 Å². The van der Waals surface area contributed by atoms with Crippen LogP contribution in [-0.4, -0.2) is 21.5 Å². The summed E-state index contributed by atoms with van der Waals surface area (Å²) in [6.45, 7) is 1.51. The highest BCUT2D eigenvalue weighted by Gasteiger charge is 2.39. The van der Waals surface area contributed by atoms with Crippen LogP contribution in [0.25, 0.3) is 0 Å². The fraction of sp³-hybridized carbons (Fsp3) is 0.625. The zero-order chi connectivity index (χ0) is 14.4. The second-order valence-corrected chi connectivity index (χ2v) is 8.55. The molecular formula is C16H22N2O2S. The Morgan fingerprint density at radius 3 is 2.90 bits per heavy atom. The summed E-state index contributed by atoms with van der Waals surface area (Å²) in [6, 6.07) is 5.43. The highest BCUT2D eigenvalue weighted by atomic mass is 32.2. The van der Waals surface area contributed by atoms with Crippen LogP contribution >= 0.6 is 0 Å². The van der Waals surface area contributed by atoms with E-state index in [1.807, 2.05) is 6.07 Å². The van der Waals surface area contributed by atoms with Gasteiger partial charge in [0, 0.05) is 18.8 Å². The molecule has 2 aliphatic carbocycles. The number of fused-ring (bicyclic) bond motifs is 3. The fourth-order valence-corrected chi connectivity index (χ4v) is 5.48. The zero-order valence-corrected chi connectivity index (χ0v) is 13.0. The third kappa shape index (κ3) is 2.46. The SMILES string of the molecule is O=S(=O)(NCC1CC2CCC1C2)c1ccc2c(c1)NCC2. The van der Waals surface area contributed by atoms with E-state index in [0.29, 0.717) is 17.4 Å². The Morgan fingerprint density at radius 2 is 2.14 bits per heavy atom. The van der Waals surface area contributed by atoms with Gasteiger partial charge in [-0.2, -0.15) is 0 Å². The van der Waals surface area contributed by atoms with E-state index >= 15 is 0 Å². The van der Waals surface area contributed by atoms with Crippen molar-refractivity contribution in [2.75, 3.05) is 18.4 Å². The minimum absolute atomic E-state index is 0.388. The summed E-state index contributed by atoms with van der Waals surface area (Å²) >= 11 is 0. The van der Waals surface area contributed by atoms with E-state index in [-0.39, 0.29) is 0 Å². The van der Waals surface area contributed by atoms with E-state index in [1.54, 1.807) is 12.1 Å². The van der Waals surface area contributed by atoms with Crippen molar-refractivity contribution >= 4 is 15.7 Å². The van der Waals surface area contributed by atoms with Crippen molar-refractivity contribution in [1.29, 1.82) is 0 Å². The molecule has 3 unspecified atom stereocenters. The van der Waals surface area contributed by atoms with E-state index in [4.69, 9.17) is 0 Å². The number of hydrogen-bond acceptors (Lipinski definition) is 3. The van der Waals surface area contributed by atoms with Crippen molar-refractivity contribution in [2.45, 2.75) is 37.0 Å². The average molecular weight is 306 g/mol. The summed E-state index contributed by atoms with van der Waals surface area (Å²) in [5.41, 5.74) is 2.18. The lowest BCUT2D eigenvalue weighted by Gasteiger charge is -2.21. The van der Waals surface area contributed by atoms with Gasteiger partial charge in [0.2, 0.25) is 10.0 Å². The van der Waals surface area contributed by atoms with Crippen molar-refractivity contribution < 1.29 is 8.42 Å². The van der Waals surface area contributed by atoms with Gasteiger partial charge in [0.05, 0.1) is 4.90 Å². The molecule has 1 aromatic rings. The summed E-state index contributed by atoms with van der Waals surface area (Å²) in [6.07, 6.45) is 6.15. The maximum atomic E-state index is 12.5. The molecule has 0 saturated heterocycles. The first-order valence-electron chi connectivity index (χ1n) is 7.98. The van der Waals surface area contributed by atoms with Crippen LogP contribution in [0.15, 0.2) is 23.1 Å². The van der Waals surface area contributed by atoms with Crippen molar-refractivity contribution in [3.8, 4) is 0 Å². The molecule has 2 saturated carbocycles. The molecule has 4 rings (SSSR count). The summed E-state index contributed by atoms with van der Waals surface area (Å²) in [4.78, 5) is 0.388.